The van der Waals surface area contributed by atoms with Crippen molar-refractivity contribution in [3.63, 3.8) is 0 Å². The van der Waals surface area contributed by atoms with Crippen LogP contribution < -0.4 is 0 Å². The minimum absolute atomic E-state index is 0.0849. The molecule has 5 nitrogen and oxygen atoms in total. The number of nitrogens with zero attached hydrogens (tertiary/aromatic N) is 2. The Kier molecular flexibility index (Phi) is 4.00. The number of fused-ring (bicyclic) bond motifs is 3. The molecular formula is C21H25FN2O3. The number of hydrogen-bond donors (Lipinski definition) is 0. The van der Waals surface area contributed by atoms with Gasteiger partial charge in [0.2, 0.25) is 5.72 Å². The molecule has 2 aliphatic carbocycles. The number of hydrogen-bond acceptors (Lipinski definition) is 5. The van der Waals surface area contributed by atoms with E-state index < -0.39 is 5.72 Å². The van der Waals surface area contributed by atoms with Crippen molar-refractivity contribution in [2.75, 3.05) is 19.7 Å². The second-order valence-corrected chi connectivity index (χ2v) is 8.12. The van der Waals surface area contributed by atoms with Crippen molar-refractivity contribution in [1.82, 2.24) is 4.90 Å². The van der Waals surface area contributed by atoms with Crippen molar-refractivity contribution in [2.24, 2.45) is 28.8 Å². The highest BCUT2D eigenvalue weighted by molar-refractivity contribution is 6.03. The first-order valence-electron chi connectivity index (χ1n) is 10.1. The van der Waals surface area contributed by atoms with Gasteiger partial charge in [0.1, 0.15) is 5.82 Å². The molecule has 1 aromatic carbocycles. The number of benzene rings is 1. The molecular weight excluding hydrogens is 347 g/mol. The third kappa shape index (κ3) is 2.45. The first kappa shape index (κ1) is 17.2. The maximum atomic E-state index is 13.4. The molecule has 5 unspecified atom stereocenters. The largest absolute Gasteiger partial charge is 0.466 e. The van der Waals surface area contributed by atoms with Gasteiger partial charge in [-0.1, -0.05) is 17.3 Å². The second-order valence-electron chi connectivity index (χ2n) is 8.12. The predicted molar refractivity (Wildman–Crippen MR) is 97.4 cm³/mol. The van der Waals surface area contributed by atoms with Crippen LogP contribution in [0.4, 0.5) is 4.39 Å². The monoisotopic (exact) mass is 372 g/mol. The fourth-order valence-corrected chi connectivity index (χ4v) is 5.73. The Balaban J connectivity index is 1.50. The molecule has 0 spiro atoms. The Labute approximate surface area is 158 Å². The van der Waals surface area contributed by atoms with E-state index in [9.17, 15) is 9.18 Å². The van der Waals surface area contributed by atoms with Gasteiger partial charge >= 0.3 is 5.97 Å². The van der Waals surface area contributed by atoms with E-state index in [1.165, 1.54) is 12.1 Å². The lowest BCUT2D eigenvalue weighted by atomic mass is 9.76. The van der Waals surface area contributed by atoms with Gasteiger partial charge in [-0.05, 0) is 50.7 Å². The molecule has 4 aliphatic rings. The second kappa shape index (κ2) is 6.30. The summed E-state index contributed by atoms with van der Waals surface area (Å²) in [5.74, 6) is 0.140. The summed E-state index contributed by atoms with van der Waals surface area (Å²) in [6.07, 6.45) is 4.21. The lowest BCUT2D eigenvalue weighted by Gasteiger charge is -2.43. The van der Waals surface area contributed by atoms with Crippen LogP contribution in [0, 0.1) is 29.5 Å². The summed E-state index contributed by atoms with van der Waals surface area (Å²) in [4.78, 5) is 21.2. The number of likely N-dealkylation sites (tertiary alicyclic amines) is 1. The van der Waals surface area contributed by atoms with Gasteiger partial charge in [0.25, 0.3) is 0 Å². The van der Waals surface area contributed by atoms with Crippen LogP contribution in [-0.4, -0.2) is 42.0 Å². The molecule has 0 amide bonds. The van der Waals surface area contributed by atoms with Crippen LogP contribution in [0.3, 0.4) is 0 Å². The molecule has 2 saturated carbocycles. The fourth-order valence-electron chi connectivity index (χ4n) is 5.73. The van der Waals surface area contributed by atoms with Crippen molar-refractivity contribution < 1.29 is 18.8 Å². The summed E-state index contributed by atoms with van der Waals surface area (Å²) in [6.45, 7) is 4.21. The molecule has 0 radical (unpaired) electrons. The number of carbonyl (C=O) groups is 1. The fraction of sp³-hybridized carbons (Fsp3) is 0.619. The molecule has 1 saturated heterocycles. The maximum Gasteiger partial charge on any atom is 0.309 e. The van der Waals surface area contributed by atoms with Gasteiger partial charge in [0.05, 0.1) is 24.2 Å². The molecule has 0 bridgehead atoms. The third-order valence-corrected chi connectivity index (χ3v) is 6.85. The first-order valence-corrected chi connectivity index (χ1v) is 10.1. The van der Waals surface area contributed by atoms with Crippen LogP contribution in [0.2, 0.25) is 0 Å². The molecule has 1 aromatic rings. The summed E-state index contributed by atoms with van der Waals surface area (Å²) in [6, 6.07) is 6.49. The zero-order chi connectivity index (χ0) is 18.6. The zero-order valence-corrected chi connectivity index (χ0v) is 15.6. The summed E-state index contributed by atoms with van der Waals surface area (Å²) < 4.78 is 18.7. The van der Waals surface area contributed by atoms with Crippen molar-refractivity contribution >= 4 is 11.7 Å². The molecule has 6 heteroatoms. The molecule has 144 valence electrons. The third-order valence-electron chi connectivity index (χ3n) is 6.85. The average molecular weight is 372 g/mol. The van der Waals surface area contributed by atoms with Crippen LogP contribution in [0.25, 0.3) is 0 Å². The topological polar surface area (TPSA) is 51.1 Å². The van der Waals surface area contributed by atoms with Gasteiger partial charge in [-0.15, -0.1) is 0 Å². The van der Waals surface area contributed by atoms with Crippen LogP contribution in [0.15, 0.2) is 29.4 Å². The smallest absolute Gasteiger partial charge is 0.309 e. The lowest BCUT2D eigenvalue weighted by molar-refractivity contribution is -0.183. The van der Waals surface area contributed by atoms with Crippen molar-refractivity contribution in [2.45, 2.75) is 38.3 Å². The van der Waals surface area contributed by atoms with E-state index in [1.54, 1.807) is 12.1 Å². The van der Waals surface area contributed by atoms with Crippen LogP contribution in [0.1, 0.15) is 38.2 Å². The number of ether oxygens (including phenoxy) is 1. The van der Waals surface area contributed by atoms with Gasteiger partial charge < -0.3 is 9.57 Å². The molecule has 3 fully saturated rings. The molecule has 27 heavy (non-hydrogen) atoms. The van der Waals surface area contributed by atoms with E-state index in [2.05, 4.69) is 10.1 Å². The maximum absolute atomic E-state index is 13.4. The normalized spacial score (nSPS) is 37.2. The van der Waals surface area contributed by atoms with Crippen molar-refractivity contribution in [3.8, 4) is 0 Å². The van der Waals surface area contributed by atoms with Crippen molar-refractivity contribution in [1.29, 1.82) is 0 Å². The zero-order valence-electron chi connectivity index (χ0n) is 15.6. The molecule has 2 heterocycles. The minimum Gasteiger partial charge on any atom is -0.466 e. The Morgan fingerprint density at radius 1 is 1.30 bits per heavy atom. The Hall–Kier alpha value is -1.95. The molecule has 0 aromatic heterocycles. The predicted octanol–water partition coefficient (Wildman–Crippen LogP) is 3.19. The summed E-state index contributed by atoms with van der Waals surface area (Å²) in [5.41, 5.74) is 1.27. The number of oxime groups is 1. The van der Waals surface area contributed by atoms with E-state index in [0.29, 0.717) is 12.5 Å². The Bertz CT molecular complexity index is 774. The highest BCUT2D eigenvalue weighted by Gasteiger charge is 2.75. The van der Waals surface area contributed by atoms with Gasteiger partial charge in [-0.2, -0.15) is 0 Å². The van der Waals surface area contributed by atoms with E-state index >= 15 is 0 Å². The highest BCUT2D eigenvalue weighted by atomic mass is 19.1. The summed E-state index contributed by atoms with van der Waals surface area (Å²) in [7, 11) is 0. The number of rotatable bonds is 4. The molecule has 5 rings (SSSR count). The standard InChI is InChI=1S/C21H25FN2O3/c1-2-26-20(25)17-15-9-10-16-19(13-5-7-14(22)8-6-13)23-27-21(16,18(15)17)24-11-3-4-12-24/h5-8,15-18H,2-4,9-12H2,1H3. The van der Waals surface area contributed by atoms with Crippen LogP contribution in [-0.2, 0) is 14.4 Å². The van der Waals surface area contributed by atoms with E-state index in [0.717, 1.165) is 50.0 Å². The Morgan fingerprint density at radius 2 is 2.04 bits per heavy atom. The van der Waals surface area contributed by atoms with Gasteiger partial charge in [-0.25, -0.2) is 4.39 Å². The SMILES string of the molecule is CCOC(=O)C1C2CCC3C(c4ccc(F)cc4)=NOC3(N3CCCC3)C21. The quantitative estimate of drug-likeness (QED) is 0.762. The Morgan fingerprint density at radius 3 is 2.74 bits per heavy atom. The van der Waals surface area contributed by atoms with Crippen LogP contribution >= 0.6 is 0 Å². The minimum atomic E-state index is -0.541. The summed E-state index contributed by atoms with van der Waals surface area (Å²) in [5, 5.41) is 4.51. The lowest BCUT2D eigenvalue weighted by Crippen LogP contribution is -2.57. The molecule has 2 aliphatic heterocycles. The van der Waals surface area contributed by atoms with E-state index in [-0.39, 0.29) is 29.5 Å². The summed E-state index contributed by atoms with van der Waals surface area (Å²) >= 11 is 0. The number of carbonyl (C=O) groups excluding carboxylic acids is 1. The number of esters is 1. The highest BCUT2D eigenvalue weighted by Crippen LogP contribution is 2.66. The van der Waals surface area contributed by atoms with Crippen molar-refractivity contribution in [3.05, 3.63) is 35.6 Å². The van der Waals surface area contributed by atoms with E-state index in [4.69, 9.17) is 9.57 Å². The van der Waals surface area contributed by atoms with Gasteiger partial charge in [0, 0.05) is 24.6 Å². The van der Waals surface area contributed by atoms with Gasteiger partial charge in [-0.3, -0.25) is 9.69 Å². The first-order chi connectivity index (χ1) is 13.2. The molecule has 5 atom stereocenters. The van der Waals surface area contributed by atoms with Crippen LogP contribution in [0.5, 0.6) is 0 Å². The molecule has 0 N–H and O–H groups in total. The average Bonchev–Trinajstić information content (AvgIpc) is 3.03. The number of halogens is 1. The van der Waals surface area contributed by atoms with Gasteiger partial charge in [0.15, 0.2) is 0 Å². The van der Waals surface area contributed by atoms with E-state index in [1.807, 2.05) is 6.92 Å².